The first-order valence-corrected chi connectivity index (χ1v) is 7.29. The first-order chi connectivity index (χ1) is 8.00. The highest BCUT2D eigenvalue weighted by molar-refractivity contribution is 4.87. The van der Waals surface area contributed by atoms with Crippen molar-refractivity contribution < 1.29 is 4.74 Å². The fourth-order valence-electron chi connectivity index (χ4n) is 3.58. The summed E-state index contributed by atoms with van der Waals surface area (Å²) in [6.45, 7) is 8.05. The lowest BCUT2D eigenvalue weighted by atomic mass is 9.71. The summed E-state index contributed by atoms with van der Waals surface area (Å²) in [6.07, 6.45) is 7.11. The van der Waals surface area contributed by atoms with Gasteiger partial charge in [-0.15, -0.1) is 0 Å². The molecule has 0 saturated heterocycles. The van der Waals surface area contributed by atoms with Crippen LogP contribution in [0.5, 0.6) is 0 Å². The Hall–Kier alpha value is -0.0800. The molecular weight excluding hydrogens is 210 g/mol. The minimum atomic E-state index is 0.469. The number of ether oxygens (including phenoxy) is 1. The van der Waals surface area contributed by atoms with Gasteiger partial charge in [-0.25, -0.2) is 0 Å². The molecule has 0 aliphatic heterocycles. The molecule has 2 aliphatic rings. The van der Waals surface area contributed by atoms with Crippen molar-refractivity contribution in [3.8, 4) is 0 Å². The molecule has 17 heavy (non-hydrogen) atoms. The first kappa shape index (κ1) is 13.4. The normalized spacial score (nSPS) is 34.6. The average molecular weight is 239 g/mol. The van der Waals surface area contributed by atoms with E-state index in [1.165, 1.54) is 32.1 Å². The zero-order chi connectivity index (χ0) is 12.5. The van der Waals surface area contributed by atoms with Gasteiger partial charge in [-0.05, 0) is 56.4 Å². The molecule has 1 N–H and O–H groups in total. The van der Waals surface area contributed by atoms with Crippen molar-refractivity contribution in [3.63, 3.8) is 0 Å². The molecule has 0 aromatic carbocycles. The number of hydrogen-bond acceptors (Lipinski definition) is 2. The van der Waals surface area contributed by atoms with Crippen LogP contribution < -0.4 is 5.32 Å². The molecule has 2 saturated carbocycles. The number of hydrogen-bond donors (Lipinski definition) is 1. The summed E-state index contributed by atoms with van der Waals surface area (Å²) in [5, 5.41) is 3.41. The summed E-state index contributed by atoms with van der Waals surface area (Å²) in [4.78, 5) is 0. The molecule has 3 unspecified atom stereocenters. The molecular formula is C15H29NO. The number of rotatable bonds is 5. The van der Waals surface area contributed by atoms with Crippen LogP contribution >= 0.6 is 0 Å². The predicted molar refractivity (Wildman–Crippen MR) is 72.1 cm³/mol. The second-order valence-electron chi connectivity index (χ2n) is 7.10. The van der Waals surface area contributed by atoms with Gasteiger partial charge in [0.2, 0.25) is 0 Å². The van der Waals surface area contributed by atoms with Crippen molar-refractivity contribution in [2.24, 2.45) is 17.3 Å². The monoisotopic (exact) mass is 239 g/mol. The molecule has 0 aromatic rings. The topological polar surface area (TPSA) is 21.3 Å². The Kier molecular flexibility index (Phi) is 4.14. The summed E-state index contributed by atoms with van der Waals surface area (Å²) >= 11 is 0. The third-order valence-electron chi connectivity index (χ3n) is 4.42. The minimum Gasteiger partial charge on any atom is -0.377 e. The molecule has 2 heteroatoms. The Morgan fingerprint density at radius 2 is 2.00 bits per heavy atom. The van der Waals surface area contributed by atoms with E-state index in [2.05, 4.69) is 33.1 Å². The zero-order valence-corrected chi connectivity index (χ0v) is 12.0. The van der Waals surface area contributed by atoms with Crippen LogP contribution in [0.4, 0.5) is 0 Å². The van der Waals surface area contributed by atoms with Crippen molar-refractivity contribution in [1.82, 2.24) is 5.32 Å². The van der Waals surface area contributed by atoms with Crippen LogP contribution in [0.2, 0.25) is 0 Å². The van der Waals surface area contributed by atoms with E-state index >= 15 is 0 Å². The van der Waals surface area contributed by atoms with Gasteiger partial charge >= 0.3 is 0 Å². The van der Waals surface area contributed by atoms with Gasteiger partial charge in [0.25, 0.3) is 0 Å². The second-order valence-corrected chi connectivity index (χ2v) is 7.10. The maximum absolute atomic E-state index is 6.18. The average Bonchev–Trinajstić information content (AvgIpc) is 2.99. The van der Waals surface area contributed by atoms with Crippen molar-refractivity contribution in [3.05, 3.63) is 0 Å². The lowest BCUT2D eigenvalue weighted by Gasteiger charge is -2.39. The molecule has 100 valence electrons. The third-order valence-corrected chi connectivity index (χ3v) is 4.42. The minimum absolute atomic E-state index is 0.469. The van der Waals surface area contributed by atoms with Crippen molar-refractivity contribution in [2.45, 2.75) is 65.0 Å². The van der Waals surface area contributed by atoms with Crippen LogP contribution in [0.1, 0.15) is 52.9 Å². The van der Waals surface area contributed by atoms with Gasteiger partial charge in [-0.3, -0.25) is 0 Å². The lowest BCUT2D eigenvalue weighted by Crippen LogP contribution is -2.38. The highest BCUT2D eigenvalue weighted by Gasteiger charge is 2.34. The van der Waals surface area contributed by atoms with Gasteiger partial charge in [-0.2, -0.15) is 0 Å². The van der Waals surface area contributed by atoms with Crippen LogP contribution in [0.25, 0.3) is 0 Å². The summed E-state index contributed by atoms with van der Waals surface area (Å²) < 4.78 is 6.18. The van der Waals surface area contributed by atoms with Gasteiger partial charge < -0.3 is 10.1 Å². The predicted octanol–water partition coefficient (Wildman–Crippen LogP) is 3.22. The number of likely N-dealkylation sites (N-methyl/N-ethyl adjacent to an activating group) is 1. The van der Waals surface area contributed by atoms with E-state index < -0.39 is 0 Å². The van der Waals surface area contributed by atoms with Crippen LogP contribution in [-0.4, -0.2) is 25.8 Å². The van der Waals surface area contributed by atoms with E-state index in [0.29, 0.717) is 17.6 Å². The summed E-state index contributed by atoms with van der Waals surface area (Å²) in [5.74, 6) is 1.70. The van der Waals surface area contributed by atoms with Crippen LogP contribution in [-0.2, 0) is 4.74 Å². The van der Waals surface area contributed by atoms with Crippen molar-refractivity contribution in [2.75, 3.05) is 13.7 Å². The molecule has 2 fully saturated rings. The standard InChI is InChI=1S/C15H29NO/c1-11-7-13(9-15(2,3)8-11)17-10-14(16-4)12-5-6-12/h11-14,16H,5-10H2,1-4H3. The van der Waals surface area contributed by atoms with Crippen molar-refractivity contribution in [1.29, 1.82) is 0 Å². The molecule has 3 atom stereocenters. The lowest BCUT2D eigenvalue weighted by molar-refractivity contribution is -0.0319. The van der Waals surface area contributed by atoms with E-state index in [1.54, 1.807) is 0 Å². The van der Waals surface area contributed by atoms with Gasteiger partial charge in [0.05, 0.1) is 12.7 Å². The van der Waals surface area contributed by atoms with Gasteiger partial charge in [0.15, 0.2) is 0 Å². The molecule has 0 aromatic heterocycles. The van der Waals surface area contributed by atoms with E-state index in [-0.39, 0.29) is 0 Å². The Bertz CT molecular complexity index is 247. The van der Waals surface area contributed by atoms with Gasteiger partial charge in [0.1, 0.15) is 0 Å². The van der Waals surface area contributed by atoms with Crippen LogP contribution in [0, 0.1) is 17.3 Å². The summed E-state index contributed by atoms with van der Waals surface area (Å²) in [6, 6.07) is 0.593. The quantitative estimate of drug-likeness (QED) is 0.795. The van der Waals surface area contributed by atoms with Crippen LogP contribution in [0.3, 0.4) is 0 Å². The van der Waals surface area contributed by atoms with Crippen molar-refractivity contribution >= 4 is 0 Å². The fraction of sp³-hybridized carbons (Fsp3) is 1.00. The van der Waals surface area contributed by atoms with Gasteiger partial charge in [-0.1, -0.05) is 20.8 Å². The molecule has 0 amide bonds. The molecule has 2 rings (SSSR count). The fourth-order valence-corrected chi connectivity index (χ4v) is 3.58. The Labute approximate surface area is 107 Å². The third kappa shape index (κ3) is 3.96. The maximum atomic E-state index is 6.18. The first-order valence-electron chi connectivity index (χ1n) is 7.29. The van der Waals surface area contributed by atoms with Gasteiger partial charge in [0, 0.05) is 6.04 Å². The smallest absolute Gasteiger partial charge is 0.0625 e. The zero-order valence-electron chi connectivity index (χ0n) is 12.0. The molecule has 2 nitrogen and oxygen atoms in total. The Balaban J connectivity index is 1.77. The summed E-state index contributed by atoms with van der Waals surface area (Å²) in [5.41, 5.74) is 0.469. The van der Waals surface area contributed by atoms with E-state index in [4.69, 9.17) is 4.74 Å². The maximum Gasteiger partial charge on any atom is 0.0625 e. The second kappa shape index (κ2) is 5.27. The van der Waals surface area contributed by atoms with E-state index in [9.17, 15) is 0 Å². The molecule has 0 spiro atoms. The molecule has 0 radical (unpaired) electrons. The SMILES string of the molecule is CNC(COC1CC(C)CC(C)(C)C1)C1CC1. The molecule has 2 aliphatic carbocycles. The largest absolute Gasteiger partial charge is 0.377 e. The Morgan fingerprint density at radius 3 is 2.53 bits per heavy atom. The van der Waals surface area contributed by atoms with Crippen LogP contribution in [0.15, 0.2) is 0 Å². The highest BCUT2D eigenvalue weighted by Crippen LogP contribution is 2.40. The Morgan fingerprint density at radius 1 is 1.29 bits per heavy atom. The summed E-state index contributed by atoms with van der Waals surface area (Å²) in [7, 11) is 2.07. The molecule has 0 bridgehead atoms. The molecule has 0 heterocycles. The highest BCUT2D eigenvalue weighted by atomic mass is 16.5. The van der Waals surface area contributed by atoms with E-state index in [1.807, 2.05) is 0 Å². The van der Waals surface area contributed by atoms with E-state index in [0.717, 1.165) is 18.4 Å². The number of nitrogens with one attached hydrogen (secondary N) is 1.